The molecule has 176 valence electrons. The predicted molar refractivity (Wildman–Crippen MR) is 125 cm³/mol. The van der Waals surface area contributed by atoms with E-state index in [9.17, 15) is 9.18 Å². The second-order valence-electron chi connectivity index (χ2n) is 10.3. The summed E-state index contributed by atoms with van der Waals surface area (Å²) in [4.78, 5) is 18.2. The minimum atomic E-state index is -0.566. The lowest BCUT2D eigenvalue weighted by atomic mass is 9.67. The molecule has 7 heteroatoms. The molecule has 1 aliphatic carbocycles. The minimum absolute atomic E-state index is 0.101. The molecule has 1 spiro atoms. The first-order chi connectivity index (χ1) is 15.3. The van der Waals surface area contributed by atoms with Crippen LogP contribution in [0.5, 0.6) is 0 Å². The van der Waals surface area contributed by atoms with Crippen molar-refractivity contribution in [1.82, 2.24) is 15.1 Å². The Morgan fingerprint density at radius 3 is 2.56 bits per heavy atom. The monoisotopic (exact) mass is 443 g/mol. The van der Waals surface area contributed by atoms with Gasteiger partial charge < -0.3 is 20.9 Å². The van der Waals surface area contributed by atoms with Gasteiger partial charge in [0.2, 0.25) is 5.91 Å². The molecule has 1 saturated carbocycles. The molecule has 6 nitrogen and oxygen atoms in total. The molecule has 0 unspecified atom stereocenters. The average Bonchev–Trinajstić information content (AvgIpc) is 2.77. The molecule has 2 fully saturated rings. The summed E-state index contributed by atoms with van der Waals surface area (Å²) in [7, 11) is 0. The number of nitrogens with one attached hydrogen (secondary N) is 2. The summed E-state index contributed by atoms with van der Waals surface area (Å²) in [6.07, 6.45) is 6.70. The lowest BCUT2D eigenvalue weighted by molar-refractivity contribution is -0.142. The van der Waals surface area contributed by atoms with Crippen LogP contribution < -0.4 is 11.1 Å². The number of hydrogen-bond acceptors (Lipinski definition) is 3. The smallest absolute Gasteiger partial charge is 0.233 e. The fraction of sp³-hybridized carbons (Fsp3) is 0.680. The summed E-state index contributed by atoms with van der Waals surface area (Å²) >= 11 is 0. The highest BCUT2D eigenvalue weighted by Crippen LogP contribution is 2.44. The Kier molecular flexibility index (Phi) is 6.75. The van der Waals surface area contributed by atoms with Gasteiger partial charge in [-0.15, -0.1) is 0 Å². The zero-order chi connectivity index (χ0) is 22.9. The van der Waals surface area contributed by atoms with E-state index in [1.807, 2.05) is 11.0 Å². The van der Waals surface area contributed by atoms with Crippen LogP contribution in [0.25, 0.3) is 0 Å². The number of guanidine groups is 1. The highest BCUT2D eigenvalue weighted by molar-refractivity contribution is 5.90. The Labute approximate surface area is 191 Å². The number of carbonyl (C=O) groups excluding carboxylic acids is 1. The van der Waals surface area contributed by atoms with Gasteiger partial charge in [-0.1, -0.05) is 19.9 Å². The molecule has 4 N–H and O–H groups in total. The Bertz CT molecular complexity index is 841. The maximum Gasteiger partial charge on any atom is 0.233 e. The molecule has 2 heterocycles. The summed E-state index contributed by atoms with van der Waals surface area (Å²) in [5, 5.41) is 10.1. The highest BCUT2D eigenvalue weighted by Gasteiger charge is 2.49. The molecule has 4 rings (SSSR count). The molecule has 1 aromatic carbocycles. The number of likely N-dealkylation sites (tertiary alicyclic amines) is 1. The van der Waals surface area contributed by atoms with Crippen LogP contribution in [0.15, 0.2) is 18.2 Å². The van der Waals surface area contributed by atoms with Crippen LogP contribution in [0.4, 0.5) is 4.39 Å². The van der Waals surface area contributed by atoms with Crippen LogP contribution in [0, 0.1) is 23.1 Å². The Morgan fingerprint density at radius 2 is 1.94 bits per heavy atom. The van der Waals surface area contributed by atoms with Crippen molar-refractivity contribution in [2.45, 2.75) is 70.4 Å². The van der Waals surface area contributed by atoms with E-state index < -0.39 is 5.41 Å². The molecule has 1 aromatic rings. The molecule has 0 atom stereocenters. The summed E-state index contributed by atoms with van der Waals surface area (Å²) in [6.45, 7) is 7.80. The fourth-order valence-electron chi connectivity index (χ4n) is 6.25. The number of nitrogens with zero attached hydrogens (tertiary/aromatic N) is 2. The van der Waals surface area contributed by atoms with Gasteiger partial charge in [0.1, 0.15) is 5.82 Å². The summed E-state index contributed by atoms with van der Waals surface area (Å²) in [5.74, 6) is 1.40. The van der Waals surface area contributed by atoms with E-state index >= 15 is 0 Å². The van der Waals surface area contributed by atoms with Crippen LogP contribution in [0.2, 0.25) is 0 Å². The van der Waals surface area contributed by atoms with Gasteiger partial charge in [0.25, 0.3) is 0 Å². The second kappa shape index (κ2) is 9.38. The van der Waals surface area contributed by atoms with E-state index in [1.165, 1.54) is 31.7 Å². The van der Waals surface area contributed by atoms with Gasteiger partial charge in [0.15, 0.2) is 5.96 Å². The van der Waals surface area contributed by atoms with Crippen molar-refractivity contribution in [3.8, 4) is 0 Å². The van der Waals surface area contributed by atoms with Crippen LogP contribution in [-0.2, 0) is 16.8 Å². The molecular formula is C25H38FN5O. The van der Waals surface area contributed by atoms with E-state index in [1.54, 1.807) is 6.07 Å². The van der Waals surface area contributed by atoms with Crippen molar-refractivity contribution in [1.29, 1.82) is 5.41 Å². The van der Waals surface area contributed by atoms with Crippen LogP contribution in [0.3, 0.4) is 0 Å². The zero-order valence-corrected chi connectivity index (χ0v) is 19.5. The number of piperidine rings is 1. The van der Waals surface area contributed by atoms with Gasteiger partial charge in [-0.25, -0.2) is 4.39 Å². The number of hydrogen-bond donors (Lipinski definition) is 3. The summed E-state index contributed by atoms with van der Waals surface area (Å²) in [5.41, 5.74) is 6.77. The Hall–Kier alpha value is -2.15. The molecule has 0 bridgehead atoms. The topological polar surface area (TPSA) is 85.5 Å². The van der Waals surface area contributed by atoms with Gasteiger partial charge in [-0.2, -0.15) is 0 Å². The SMILES string of the molecule is CC(C)[C@H]1CC[C@@H](N2CCC3(CC2)C(=O)N(CCNC(=N)N)Cc2cc(F)ccc23)CC1. The number of nitrogens with two attached hydrogens (primary N) is 1. The van der Waals surface area contributed by atoms with Crippen molar-refractivity contribution < 1.29 is 9.18 Å². The molecule has 0 aromatic heterocycles. The molecule has 1 amide bonds. The number of carbonyl (C=O) groups is 1. The van der Waals surface area contributed by atoms with Crippen molar-refractivity contribution in [3.63, 3.8) is 0 Å². The molecule has 0 radical (unpaired) electrons. The second-order valence-corrected chi connectivity index (χ2v) is 10.3. The number of halogens is 1. The third kappa shape index (κ3) is 4.49. The van der Waals surface area contributed by atoms with Gasteiger partial charge in [-0.3, -0.25) is 10.2 Å². The van der Waals surface area contributed by atoms with Crippen LogP contribution in [-0.4, -0.2) is 53.9 Å². The predicted octanol–water partition coefficient (Wildman–Crippen LogP) is 3.20. The molecule has 2 aliphatic heterocycles. The van der Waals surface area contributed by atoms with Crippen molar-refractivity contribution in [2.24, 2.45) is 17.6 Å². The first-order valence-corrected chi connectivity index (χ1v) is 12.2. The Morgan fingerprint density at radius 1 is 1.25 bits per heavy atom. The van der Waals surface area contributed by atoms with Crippen molar-refractivity contribution in [3.05, 3.63) is 35.1 Å². The Balaban J connectivity index is 1.49. The van der Waals surface area contributed by atoms with E-state index in [-0.39, 0.29) is 17.7 Å². The standard InChI is InChI=1S/C25H38FN5O/c1-17(2)18-3-6-21(7-4-18)30-12-9-25(10-13-30)22-8-5-20(26)15-19(22)16-31(23(25)32)14-11-29-24(27)28/h5,8,15,17-18,21H,3-4,6-7,9-14,16H2,1-2H3,(H4,27,28,29)/t18-,21+. The van der Waals surface area contributed by atoms with Crippen LogP contribution >= 0.6 is 0 Å². The average molecular weight is 444 g/mol. The van der Waals surface area contributed by atoms with Crippen molar-refractivity contribution in [2.75, 3.05) is 26.2 Å². The van der Waals surface area contributed by atoms with E-state index in [4.69, 9.17) is 11.1 Å². The zero-order valence-electron chi connectivity index (χ0n) is 19.5. The maximum atomic E-state index is 14.1. The quantitative estimate of drug-likeness (QED) is 0.482. The summed E-state index contributed by atoms with van der Waals surface area (Å²) < 4.78 is 14.1. The van der Waals surface area contributed by atoms with E-state index in [0.29, 0.717) is 25.7 Å². The van der Waals surface area contributed by atoms with Gasteiger partial charge in [0.05, 0.1) is 5.41 Å². The summed E-state index contributed by atoms with van der Waals surface area (Å²) in [6, 6.07) is 5.57. The van der Waals surface area contributed by atoms with E-state index in [2.05, 4.69) is 24.1 Å². The molecule has 1 saturated heterocycles. The molecular weight excluding hydrogens is 405 g/mol. The lowest BCUT2D eigenvalue weighted by Crippen LogP contribution is -2.58. The van der Waals surface area contributed by atoms with Crippen molar-refractivity contribution >= 4 is 11.9 Å². The van der Waals surface area contributed by atoms with Crippen LogP contribution in [0.1, 0.15) is 63.5 Å². The number of amides is 1. The minimum Gasteiger partial charge on any atom is -0.370 e. The molecule has 3 aliphatic rings. The number of benzene rings is 1. The van der Waals surface area contributed by atoms with Gasteiger partial charge in [0, 0.05) is 25.7 Å². The first-order valence-electron chi connectivity index (χ1n) is 12.2. The number of rotatable bonds is 5. The third-order valence-electron chi connectivity index (χ3n) is 8.19. The van der Waals surface area contributed by atoms with E-state index in [0.717, 1.165) is 48.9 Å². The lowest BCUT2D eigenvalue weighted by Gasteiger charge is -2.49. The fourth-order valence-corrected chi connectivity index (χ4v) is 6.25. The molecule has 32 heavy (non-hydrogen) atoms. The highest BCUT2D eigenvalue weighted by atomic mass is 19.1. The maximum absolute atomic E-state index is 14.1. The third-order valence-corrected chi connectivity index (χ3v) is 8.19. The van der Waals surface area contributed by atoms with Gasteiger partial charge >= 0.3 is 0 Å². The normalized spacial score (nSPS) is 25.8. The van der Waals surface area contributed by atoms with Gasteiger partial charge in [-0.05, 0) is 86.7 Å². The largest absolute Gasteiger partial charge is 0.370 e. The first kappa shape index (κ1) is 23.0. The number of fused-ring (bicyclic) bond motifs is 2.